The van der Waals surface area contributed by atoms with Crippen LogP contribution < -0.4 is 9.47 Å². The summed E-state index contributed by atoms with van der Waals surface area (Å²) < 4.78 is 10.8. The largest absolute Gasteiger partial charge is 0.493 e. The molecule has 3 rings (SSSR count). The summed E-state index contributed by atoms with van der Waals surface area (Å²) in [4.78, 5) is 12.3. The zero-order valence-corrected chi connectivity index (χ0v) is 14.4. The molecule has 0 saturated carbocycles. The minimum absolute atomic E-state index is 0.0903. The molecular weight excluding hydrogens is 328 g/mol. The molecule has 2 aromatic carbocycles. The molecule has 1 heterocycles. The van der Waals surface area contributed by atoms with Crippen LogP contribution in [0.5, 0.6) is 11.5 Å². The van der Waals surface area contributed by atoms with Gasteiger partial charge in [0.25, 0.3) is 0 Å². The Morgan fingerprint density at radius 2 is 1.71 bits per heavy atom. The van der Waals surface area contributed by atoms with E-state index in [1.54, 1.807) is 33.4 Å². The number of nitrogens with zero attached hydrogens (tertiary/aromatic N) is 2. The van der Waals surface area contributed by atoms with Gasteiger partial charge in [-0.3, -0.25) is 4.79 Å². The third-order valence-corrected chi connectivity index (χ3v) is 4.19. The molecule has 0 atom stereocenters. The number of carbonyl (C=O) groups is 1. The van der Waals surface area contributed by atoms with E-state index in [1.165, 1.54) is 5.01 Å². The van der Waals surface area contributed by atoms with E-state index in [4.69, 9.17) is 21.1 Å². The van der Waals surface area contributed by atoms with Crippen molar-refractivity contribution in [3.8, 4) is 11.5 Å². The van der Waals surface area contributed by atoms with Crippen LogP contribution in [0, 0.1) is 0 Å². The van der Waals surface area contributed by atoms with Crippen molar-refractivity contribution in [3.63, 3.8) is 0 Å². The summed E-state index contributed by atoms with van der Waals surface area (Å²) in [6.45, 7) is 0. The van der Waals surface area contributed by atoms with E-state index in [1.807, 2.05) is 24.3 Å². The van der Waals surface area contributed by atoms with Gasteiger partial charge in [-0.05, 0) is 29.8 Å². The lowest BCUT2D eigenvalue weighted by atomic mass is 9.95. The van der Waals surface area contributed by atoms with Gasteiger partial charge in [-0.2, -0.15) is 5.10 Å². The van der Waals surface area contributed by atoms with Crippen LogP contribution in [-0.4, -0.2) is 37.9 Å². The molecular formula is C18H17ClN2O3. The molecule has 0 fully saturated rings. The number of fused-ring (bicyclic) bond motifs is 1. The Hall–Kier alpha value is -2.53. The minimum Gasteiger partial charge on any atom is -0.493 e. The van der Waals surface area contributed by atoms with Gasteiger partial charge in [0.1, 0.15) is 0 Å². The van der Waals surface area contributed by atoms with Crippen molar-refractivity contribution < 1.29 is 14.3 Å². The maximum Gasteiger partial charge on any atom is 0.246 e. The lowest BCUT2D eigenvalue weighted by Crippen LogP contribution is -2.22. The molecule has 1 aliphatic rings. The van der Waals surface area contributed by atoms with Crippen LogP contribution in [0.25, 0.3) is 0 Å². The summed E-state index contributed by atoms with van der Waals surface area (Å²) in [5.41, 5.74) is 3.24. The topological polar surface area (TPSA) is 51.1 Å². The smallest absolute Gasteiger partial charge is 0.246 e. The maximum absolute atomic E-state index is 12.3. The Balaban J connectivity index is 2.23. The number of hydrogen-bond donors (Lipinski definition) is 0. The average Bonchev–Trinajstić information content (AvgIpc) is 2.71. The van der Waals surface area contributed by atoms with Crippen molar-refractivity contribution in [2.75, 3.05) is 21.3 Å². The molecule has 0 N–H and O–H groups in total. The standard InChI is InChI=1S/C18H17ClN2O3/c1-21-17(22)9-12-8-15(23-2)16(24-3)10-14(12)18(20-21)11-4-6-13(19)7-5-11/h4-8,10H,9H2,1-3H3. The lowest BCUT2D eigenvalue weighted by Gasteiger charge is -2.14. The van der Waals surface area contributed by atoms with Gasteiger partial charge in [0.05, 0.1) is 26.4 Å². The monoisotopic (exact) mass is 344 g/mol. The fraction of sp³-hybridized carbons (Fsp3) is 0.222. The zero-order valence-electron chi connectivity index (χ0n) is 13.7. The van der Waals surface area contributed by atoms with Crippen molar-refractivity contribution >= 4 is 23.2 Å². The van der Waals surface area contributed by atoms with Crippen molar-refractivity contribution in [3.05, 3.63) is 58.1 Å². The maximum atomic E-state index is 12.3. The summed E-state index contributed by atoms with van der Waals surface area (Å²) in [5, 5.41) is 6.50. The molecule has 0 bridgehead atoms. The van der Waals surface area contributed by atoms with Crippen molar-refractivity contribution in [1.29, 1.82) is 0 Å². The number of hydrogen-bond acceptors (Lipinski definition) is 4. The highest BCUT2D eigenvalue weighted by molar-refractivity contribution is 6.30. The number of ether oxygens (including phenoxy) is 2. The second kappa shape index (κ2) is 6.53. The first kappa shape index (κ1) is 16.3. The second-order valence-electron chi connectivity index (χ2n) is 5.41. The van der Waals surface area contributed by atoms with Crippen LogP contribution >= 0.6 is 11.6 Å². The van der Waals surface area contributed by atoms with Crippen LogP contribution in [-0.2, 0) is 11.2 Å². The van der Waals surface area contributed by atoms with E-state index in [-0.39, 0.29) is 12.3 Å². The molecule has 1 amide bonds. The average molecular weight is 345 g/mol. The quantitative estimate of drug-likeness (QED) is 0.859. The summed E-state index contributed by atoms with van der Waals surface area (Å²) >= 11 is 5.98. The highest BCUT2D eigenvalue weighted by atomic mass is 35.5. The SMILES string of the molecule is COc1cc2c(cc1OC)C(c1ccc(Cl)cc1)=NN(C)C(=O)C2. The number of methoxy groups -OCH3 is 2. The number of rotatable bonds is 3. The molecule has 0 saturated heterocycles. The van der Waals surface area contributed by atoms with Crippen LogP contribution in [0.4, 0.5) is 0 Å². The lowest BCUT2D eigenvalue weighted by molar-refractivity contribution is -0.129. The van der Waals surface area contributed by atoms with Crippen molar-refractivity contribution in [1.82, 2.24) is 5.01 Å². The minimum atomic E-state index is -0.0903. The summed E-state index contributed by atoms with van der Waals surface area (Å²) in [7, 11) is 4.80. The van der Waals surface area contributed by atoms with E-state index in [0.29, 0.717) is 22.2 Å². The van der Waals surface area contributed by atoms with Crippen LogP contribution in [0.3, 0.4) is 0 Å². The number of halogens is 1. The van der Waals surface area contributed by atoms with E-state index in [2.05, 4.69) is 5.10 Å². The second-order valence-corrected chi connectivity index (χ2v) is 5.85. The molecule has 0 spiro atoms. The summed E-state index contributed by atoms with van der Waals surface area (Å²) in [6, 6.07) is 11.0. The Morgan fingerprint density at radius 1 is 1.08 bits per heavy atom. The van der Waals surface area contributed by atoms with Gasteiger partial charge in [0, 0.05) is 23.2 Å². The van der Waals surface area contributed by atoms with E-state index in [0.717, 1.165) is 16.7 Å². The number of carbonyl (C=O) groups excluding carboxylic acids is 1. The Bertz CT molecular complexity index is 816. The molecule has 1 aliphatic heterocycles. The van der Waals surface area contributed by atoms with Crippen molar-refractivity contribution in [2.45, 2.75) is 6.42 Å². The molecule has 5 nitrogen and oxygen atoms in total. The number of hydrazone groups is 1. The zero-order chi connectivity index (χ0) is 17.3. The summed E-state index contributed by atoms with van der Waals surface area (Å²) in [6.07, 6.45) is 0.243. The molecule has 0 aliphatic carbocycles. The first-order valence-corrected chi connectivity index (χ1v) is 7.77. The third kappa shape index (κ3) is 2.95. The number of amides is 1. The predicted molar refractivity (Wildman–Crippen MR) is 93.1 cm³/mol. The fourth-order valence-corrected chi connectivity index (χ4v) is 2.77. The fourth-order valence-electron chi connectivity index (χ4n) is 2.65. The van der Waals surface area contributed by atoms with Gasteiger partial charge >= 0.3 is 0 Å². The molecule has 0 aromatic heterocycles. The normalized spacial score (nSPS) is 13.9. The Morgan fingerprint density at radius 3 is 2.33 bits per heavy atom. The van der Waals surface area contributed by atoms with Crippen LogP contribution in [0.2, 0.25) is 5.02 Å². The van der Waals surface area contributed by atoms with Gasteiger partial charge in [0.15, 0.2) is 11.5 Å². The van der Waals surface area contributed by atoms with Gasteiger partial charge in [-0.25, -0.2) is 5.01 Å². The van der Waals surface area contributed by atoms with E-state index < -0.39 is 0 Å². The molecule has 6 heteroatoms. The summed E-state index contributed by atoms with van der Waals surface area (Å²) in [5.74, 6) is 1.09. The third-order valence-electron chi connectivity index (χ3n) is 3.93. The Labute approximate surface area is 145 Å². The van der Waals surface area contributed by atoms with Gasteiger partial charge in [0.2, 0.25) is 5.91 Å². The molecule has 2 aromatic rings. The highest BCUT2D eigenvalue weighted by Crippen LogP contribution is 2.33. The number of benzene rings is 2. The predicted octanol–water partition coefficient (Wildman–Crippen LogP) is 3.12. The van der Waals surface area contributed by atoms with E-state index >= 15 is 0 Å². The Kier molecular flexibility index (Phi) is 4.44. The first-order chi connectivity index (χ1) is 11.5. The van der Waals surface area contributed by atoms with Gasteiger partial charge in [-0.1, -0.05) is 23.7 Å². The van der Waals surface area contributed by atoms with Crippen LogP contribution in [0.15, 0.2) is 41.5 Å². The molecule has 24 heavy (non-hydrogen) atoms. The van der Waals surface area contributed by atoms with Crippen LogP contribution in [0.1, 0.15) is 16.7 Å². The van der Waals surface area contributed by atoms with Crippen molar-refractivity contribution in [2.24, 2.45) is 5.10 Å². The molecule has 124 valence electrons. The highest BCUT2D eigenvalue weighted by Gasteiger charge is 2.24. The van der Waals surface area contributed by atoms with Gasteiger partial charge in [-0.15, -0.1) is 0 Å². The van der Waals surface area contributed by atoms with Gasteiger partial charge < -0.3 is 9.47 Å². The molecule has 0 unspecified atom stereocenters. The molecule has 0 radical (unpaired) electrons. The van der Waals surface area contributed by atoms with E-state index in [9.17, 15) is 4.79 Å². The number of likely N-dealkylation sites (N-methyl/N-ethyl adjacent to an activating group) is 1. The first-order valence-electron chi connectivity index (χ1n) is 7.40.